The van der Waals surface area contributed by atoms with Crippen LogP contribution in [-0.4, -0.2) is 34.9 Å². The van der Waals surface area contributed by atoms with Crippen molar-refractivity contribution >= 4 is 11.9 Å². The van der Waals surface area contributed by atoms with Crippen LogP contribution in [0.4, 0.5) is 0 Å². The molecule has 0 unspecified atom stereocenters. The van der Waals surface area contributed by atoms with Crippen molar-refractivity contribution in [3.8, 4) is 0 Å². The van der Waals surface area contributed by atoms with Crippen LogP contribution in [0.1, 0.15) is 24.2 Å². The quantitative estimate of drug-likeness (QED) is 0.561. The Balaban J connectivity index is 2.49. The third kappa shape index (κ3) is 4.40. The lowest BCUT2D eigenvalue weighted by molar-refractivity contribution is -0.137. The zero-order valence-electron chi connectivity index (χ0n) is 10.5. The highest BCUT2D eigenvalue weighted by Gasteiger charge is 2.08. The van der Waals surface area contributed by atoms with Gasteiger partial charge in [0.2, 0.25) is 0 Å². The molecule has 6 heteroatoms. The van der Waals surface area contributed by atoms with E-state index in [0.717, 1.165) is 0 Å². The van der Waals surface area contributed by atoms with Crippen molar-refractivity contribution in [1.82, 2.24) is 9.78 Å². The van der Waals surface area contributed by atoms with Crippen molar-refractivity contribution in [1.29, 1.82) is 0 Å². The molecule has 0 saturated carbocycles. The molecule has 1 aromatic heterocycles. The number of carbonyl (C=O) groups is 2. The molecule has 1 heterocycles. The SMILES string of the molecule is CCOC(=O)/C=C/Cn1cc(C(=O)OCC)cn1. The predicted molar refractivity (Wildman–Crippen MR) is 64.0 cm³/mol. The fourth-order valence-corrected chi connectivity index (χ4v) is 1.23. The molecule has 18 heavy (non-hydrogen) atoms. The highest BCUT2D eigenvalue weighted by Crippen LogP contribution is 2.00. The summed E-state index contributed by atoms with van der Waals surface area (Å²) in [7, 11) is 0. The first-order valence-corrected chi connectivity index (χ1v) is 5.70. The van der Waals surface area contributed by atoms with Crippen LogP contribution < -0.4 is 0 Å². The number of hydrogen-bond acceptors (Lipinski definition) is 5. The average molecular weight is 252 g/mol. The van der Waals surface area contributed by atoms with Gasteiger partial charge in [-0.3, -0.25) is 4.68 Å². The Bertz CT molecular complexity index is 437. The van der Waals surface area contributed by atoms with Crippen LogP contribution in [0.2, 0.25) is 0 Å². The van der Waals surface area contributed by atoms with Crippen molar-refractivity contribution in [2.24, 2.45) is 0 Å². The number of esters is 2. The Morgan fingerprint density at radius 1 is 1.33 bits per heavy atom. The molecule has 0 aliphatic carbocycles. The van der Waals surface area contributed by atoms with E-state index in [-0.39, 0.29) is 0 Å². The first-order valence-electron chi connectivity index (χ1n) is 5.70. The number of ether oxygens (including phenoxy) is 2. The molecular formula is C12H16N2O4. The van der Waals surface area contributed by atoms with Gasteiger partial charge < -0.3 is 9.47 Å². The topological polar surface area (TPSA) is 70.4 Å². The van der Waals surface area contributed by atoms with Gasteiger partial charge >= 0.3 is 11.9 Å². The molecule has 0 bridgehead atoms. The van der Waals surface area contributed by atoms with Gasteiger partial charge in [-0.25, -0.2) is 9.59 Å². The molecule has 0 saturated heterocycles. The van der Waals surface area contributed by atoms with Gasteiger partial charge in [0.05, 0.1) is 31.5 Å². The molecule has 6 nitrogen and oxygen atoms in total. The molecule has 0 atom stereocenters. The third-order valence-corrected chi connectivity index (χ3v) is 1.98. The van der Waals surface area contributed by atoms with Crippen LogP contribution in [-0.2, 0) is 20.8 Å². The number of nitrogens with zero attached hydrogens (tertiary/aromatic N) is 2. The fraction of sp³-hybridized carbons (Fsp3) is 0.417. The summed E-state index contributed by atoms with van der Waals surface area (Å²) in [6.07, 6.45) is 5.93. The molecule has 1 aromatic rings. The molecule has 0 spiro atoms. The normalized spacial score (nSPS) is 10.6. The van der Waals surface area contributed by atoms with E-state index in [0.29, 0.717) is 25.3 Å². The monoisotopic (exact) mass is 252 g/mol. The van der Waals surface area contributed by atoms with Crippen molar-refractivity contribution in [3.63, 3.8) is 0 Å². The summed E-state index contributed by atoms with van der Waals surface area (Å²) in [6, 6.07) is 0. The van der Waals surface area contributed by atoms with Crippen molar-refractivity contribution in [2.45, 2.75) is 20.4 Å². The minimum absolute atomic E-state index is 0.326. The zero-order valence-corrected chi connectivity index (χ0v) is 10.5. The number of allylic oxidation sites excluding steroid dienone is 1. The Kier molecular flexibility index (Phi) is 5.63. The van der Waals surface area contributed by atoms with Gasteiger partial charge in [-0.1, -0.05) is 6.08 Å². The van der Waals surface area contributed by atoms with Crippen LogP contribution in [0, 0.1) is 0 Å². The van der Waals surface area contributed by atoms with Gasteiger partial charge in [-0.05, 0) is 13.8 Å². The first kappa shape index (κ1) is 14.0. The highest BCUT2D eigenvalue weighted by atomic mass is 16.5. The minimum Gasteiger partial charge on any atom is -0.463 e. The summed E-state index contributed by atoms with van der Waals surface area (Å²) in [5.41, 5.74) is 0.390. The average Bonchev–Trinajstić information content (AvgIpc) is 2.78. The van der Waals surface area contributed by atoms with Gasteiger partial charge in [0.1, 0.15) is 0 Å². The van der Waals surface area contributed by atoms with Crippen molar-refractivity contribution in [3.05, 3.63) is 30.1 Å². The molecule has 0 amide bonds. The lowest BCUT2D eigenvalue weighted by atomic mass is 10.4. The van der Waals surface area contributed by atoms with Crippen LogP contribution in [0.3, 0.4) is 0 Å². The van der Waals surface area contributed by atoms with E-state index >= 15 is 0 Å². The van der Waals surface area contributed by atoms with Crippen molar-refractivity contribution in [2.75, 3.05) is 13.2 Å². The van der Waals surface area contributed by atoms with E-state index in [4.69, 9.17) is 9.47 Å². The van der Waals surface area contributed by atoms with Crippen LogP contribution in [0.5, 0.6) is 0 Å². The van der Waals surface area contributed by atoms with E-state index in [1.54, 1.807) is 26.1 Å². The minimum atomic E-state index is -0.405. The maximum Gasteiger partial charge on any atom is 0.341 e. The second-order valence-electron chi connectivity index (χ2n) is 3.33. The Hall–Kier alpha value is -2.11. The second kappa shape index (κ2) is 7.26. The van der Waals surface area contributed by atoms with Gasteiger partial charge in [0, 0.05) is 12.3 Å². The van der Waals surface area contributed by atoms with Crippen LogP contribution in [0.25, 0.3) is 0 Å². The summed E-state index contributed by atoms with van der Waals surface area (Å²) < 4.78 is 11.1. The van der Waals surface area contributed by atoms with E-state index in [2.05, 4.69) is 5.10 Å². The lowest BCUT2D eigenvalue weighted by Crippen LogP contribution is -2.03. The van der Waals surface area contributed by atoms with Gasteiger partial charge in [-0.2, -0.15) is 5.10 Å². The Morgan fingerprint density at radius 3 is 2.72 bits per heavy atom. The van der Waals surface area contributed by atoms with Gasteiger partial charge in [-0.15, -0.1) is 0 Å². The smallest absolute Gasteiger partial charge is 0.341 e. The maximum atomic E-state index is 11.4. The molecule has 98 valence electrons. The maximum absolute atomic E-state index is 11.4. The lowest BCUT2D eigenvalue weighted by Gasteiger charge is -1.97. The van der Waals surface area contributed by atoms with Crippen molar-refractivity contribution < 1.29 is 19.1 Å². The standard InChI is InChI=1S/C12H16N2O4/c1-3-17-11(15)6-5-7-14-9-10(8-13-14)12(16)18-4-2/h5-6,8-9H,3-4,7H2,1-2H3/b6-5+. The summed E-state index contributed by atoms with van der Waals surface area (Å²) in [5.74, 6) is -0.798. The van der Waals surface area contributed by atoms with E-state index in [1.165, 1.54) is 17.0 Å². The summed E-state index contributed by atoms with van der Waals surface area (Å²) in [5, 5.41) is 3.97. The third-order valence-electron chi connectivity index (χ3n) is 1.98. The van der Waals surface area contributed by atoms with E-state index in [1.807, 2.05) is 0 Å². The molecule has 0 radical (unpaired) electrons. The number of rotatable bonds is 6. The zero-order chi connectivity index (χ0) is 13.4. The fourth-order valence-electron chi connectivity index (χ4n) is 1.23. The van der Waals surface area contributed by atoms with Crippen LogP contribution in [0.15, 0.2) is 24.5 Å². The Labute approximate surface area is 105 Å². The Morgan fingerprint density at radius 2 is 2.06 bits per heavy atom. The highest BCUT2D eigenvalue weighted by molar-refractivity contribution is 5.88. The van der Waals surface area contributed by atoms with Crippen LogP contribution >= 0.6 is 0 Å². The molecule has 0 aliphatic heterocycles. The molecule has 0 N–H and O–H groups in total. The predicted octanol–water partition coefficient (Wildman–Crippen LogP) is 1.18. The van der Waals surface area contributed by atoms with Gasteiger partial charge in [0.15, 0.2) is 0 Å². The number of carbonyl (C=O) groups excluding carboxylic acids is 2. The van der Waals surface area contributed by atoms with E-state index < -0.39 is 11.9 Å². The van der Waals surface area contributed by atoms with E-state index in [9.17, 15) is 9.59 Å². The summed E-state index contributed by atoms with van der Waals surface area (Å²) in [6.45, 7) is 4.54. The molecule has 1 rings (SSSR count). The second-order valence-corrected chi connectivity index (χ2v) is 3.33. The summed E-state index contributed by atoms with van der Waals surface area (Å²) in [4.78, 5) is 22.4. The molecule has 0 aromatic carbocycles. The largest absolute Gasteiger partial charge is 0.463 e. The molecular weight excluding hydrogens is 236 g/mol. The summed E-state index contributed by atoms with van der Waals surface area (Å²) >= 11 is 0. The molecule has 0 aliphatic rings. The van der Waals surface area contributed by atoms with Gasteiger partial charge in [0.25, 0.3) is 0 Å². The molecule has 0 fully saturated rings. The number of hydrogen-bond donors (Lipinski definition) is 0. The number of aromatic nitrogens is 2. The first-order chi connectivity index (χ1) is 8.67.